The van der Waals surface area contributed by atoms with E-state index in [1.165, 1.54) is 3.97 Å². The predicted octanol–water partition coefficient (Wildman–Crippen LogP) is 3.73. The zero-order valence-corrected chi connectivity index (χ0v) is 13.3. The lowest BCUT2D eigenvalue weighted by Gasteiger charge is -2.08. The maximum Gasteiger partial charge on any atom is 0.268 e. The first-order valence-corrected chi connectivity index (χ1v) is 8.68. The highest BCUT2D eigenvalue weighted by Crippen LogP contribution is 2.27. The normalized spacial score (nSPS) is 12.0. The molecule has 0 radical (unpaired) electrons. The van der Waals surface area contributed by atoms with E-state index >= 15 is 0 Å². The van der Waals surface area contributed by atoms with Gasteiger partial charge < -0.3 is 0 Å². The van der Waals surface area contributed by atoms with Crippen molar-refractivity contribution >= 4 is 31.8 Å². The average Bonchev–Trinajstić information content (AvgIpc) is 3.00. The highest BCUT2D eigenvalue weighted by molar-refractivity contribution is 7.90. The lowest BCUT2D eigenvalue weighted by atomic mass is 10.1. The number of aryl methyl sites for hydroxylation is 1. The molecular weight excluding hydrogens is 308 g/mol. The van der Waals surface area contributed by atoms with E-state index in [4.69, 9.17) is 0 Å². The molecule has 0 N–H and O–H groups in total. The summed E-state index contributed by atoms with van der Waals surface area (Å²) in [6.07, 6.45) is 3.21. The van der Waals surface area contributed by atoms with Crippen molar-refractivity contribution in [3.8, 4) is 0 Å². The summed E-state index contributed by atoms with van der Waals surface area (Å²) >= 11 is 0. The average molecular weight is 322 g/mol. The van der Waals surface area contributed by atoms with Gasteiger partial charge in [0.15, 0.2) is 0 Å². The molecule has 2 heterocycles. The number of fused-ring (bicyclic) bond motifs is 3. The van der Waals surface area contributed by atoms with Crippen molar-refractivity contribution in [2.75, 3.05) is 0 Å². The fraction of sp³-hybridized carbons (Fsp3) is 0.0556. The fourth-order valence-corrected chi connectivity index (χ4v) is 4.09. The van der Waals surface area contributed by atoms with Crippen molar-refractivity contribution < 1.29 is 8.42 Å². The van der Waals surface area contributed by atoms with Crippen LogP contribution in [0, 0.1) is 6.92 Å². The number of pyridine rings is 1. The smallest absolute Gasteiger partial charge is 0.254 e. The second-order valence-corrected chi connectivity index (χ2v) is 7.32. The first-order valence-electron chi connectivity index (χ1n) is 7.24. The van der Waals surface area contributed by atoms with Crippen LogP contribution >= 0.6 is 0 Å². The van der Waals surface area contributed by atoms with Gasteiger partial charge in [0.2, 0.25) is 0 Å². The lowest BCUT2D eigenvalue weighted by molar-refractivity contribution is 0.589. The molecule has 4 aromatic rings. The van der Waals surface area contributed by atoms with E-state index in [0.29, 0.717) is 5.52 Å². The van der Waals surface area contributed by atoms with E-state index in [1.54, 1.807) is 36.7 Å². The number of rotatable bonds is 2. The number of para-hydroxylation sites is 1. The number of benzene rings is 2. The van der Waals surface area contributed by atoms with Crippen molar-refractivity contribution in [3.63, 3.8) is 0 Å². The Morgan fingerprint density at radius 1 is 0.913 bits per heavy atom. The maximum absolute atomic E-state index is 12.9. The van der Waals surface area contributed by atoms with Gasteiger partial charge in [0.25, 0.3) is 10.0 Å². The zero-order chi connectivity index (χ0) is 16.0. The maximum atomic E-state index is 12.9. The summed E-state index contributed by atoms with van der Waals surface area (Å²) in [7, 11) is -3.63. The van der Waals surface area contributed by atoms with Crippen molar-refractivity contribution in [2.45, 2.75) is 11.8 Å². The molecule has 0 aliphatic rings. The number of aromatic nitrogens is 2. The second kappa shape index (κ2) is 4.93. The molecule has 0 aliphatic carbocycles. The monoisotopic (exact) mass is 322 g/mol. The molecule has 0 aliphatic heterocycles. The SMILES string of the molecule is Cc1ccc(S(=O)(=O)n2ccc3c4ccccc4ncc32)cc1. The fourth-order valence-electron chi connectivity index (χ4n) is 2.76. The third-order valence-corrected chi connectivity index (χ3v) is 5.69. The van der Waals surface area contributed by atoms with Crippen LogP contribution in [-0.4, -0.2) is 17.4 Å². The highest BCUT2D eigenvalue weighted by atomic mass is 32.2. The quantitative estimate of drug-likeness (QED) is 0.565. The molecular formula is C18H14N2O2S. The molecule has 2 aromatic carbocycles. The van der Waals surface area contributed by atoms with E-state index in [9.17, 15) is 8.42 Å². The van der Waals surface area contributed by atoms with Gasteiger partial charge in [-0.05, 0) is 31.2 Å². The number of nitrogens with zero attached hydrogens (tertiary/aromatic N) is 2. The summed E-state index contributed by atoms with van der Waals surface area (Å²) in [4.78, 5) is 4.65. The van der Waals surface area contributed by atoms with Gasteiger partial charge in [-0.3, -0.25) is 4.98 Å². The van der Waals surface area contributed by atoms with Crippen LogP contribution in [0.3, 0.4) is 0 Å². The first kappa shape index (κ1) is 14.0. The minimum absolute atomic E-state index is 0.272. The molecule has 0 atom stereocenters. The zero-order valence-electron chi connectivity index (χ0n) is 12.5. The van der Waals surface area contributed by atoms with E-state index in [2.05, 4.69) is 4.98 Å². The molecule has 0 unspecified atom stereocenters. The molecule has 0 saturated heterocycles. The molecule has 0 amide bonds. The van der Waals surface area contributed by atoms with Gasteiger partial charge in [0.05, 0.1) is 22.1 Å². The minimum Gasteiger partial charge on any atom is -0.254 e. The topological polar surface area (TPSA) is 52.0 Å². The van der Waals surface area contributed by atoms with Gasteiger partial charge in [0.1, 0.15) is 0 Å². The van der Waals surface area contributed by atoms with Gasteiger partial charge in [-0.15, -0.1) is 0 Å². The van der Waals surface area contributed by atoms with Crippen LogP contribution in [0.4, 0.5) is 0 Å². The van der Waals surface area contributed by atoms with E-state index in [0.717, 1.165) is 21.9 Å². The molecule has 5 heteroatoms. The lowest BCUT2D eigenvalue weighted by Crippen LogP contribution is -2.11. The van der Waals surface area contributed by atoms with Gasteiger partial charge in [-0.25, -0.2) is 12.4 Å². The molecule has 23 heavy (non-hydrogen) atoms. The molecule has 2 aromatic heterocycles. The number of hydrogen-bond acceptors (Lipinski definition) is 3. The van der Waals surface area contributed by atoms with Crippen LogP contribution < -0.4 is 0 Å². The Morgan fingerprint density at radius 2 is 1.65 bits per heavy atom. The summed E-state index contributed by atoms with van der Waals surface area (Å²) in [5.41, 5.74) is 2.46. The highest BCUT2D eigenvalue weighted by Gasteiger charge is 2.19. The van der Waals surface area contributed by atoms with Crippen LogP contribution in [-0.2, 0) is 10.0 Å². The molecule has 4 nitrogen and oxygen atoms in total. The van der Waals surface area contributed by atoms with Gasteiger partial charge in [-0.1, -0.05) is 35.9 Å². The van der Waals surface area contributed by atoms with Gasteiger partial charge in [-0.2, -0.15) is 0 Å². The Hall–Kier alpha value is -2.66. The summed E-state index contributed by atoms with van der Waals surface area (Å²) in [6.45, 7) is 1.93. The van der Waals surface area contributed by atoms with Crippen molar-refractivity contribution in [1.29, 1.82) is 0 Å². The van der Waals surface area contributed by atoms with Gasteiger partial charge >= 0.3 is 0 Å². The van der Waals surface area contributed by atoms with Crippen molar-refractivity contribution in [2.24, 2.45) is 0 Å². The predicted molar refractivity (Wildman–Crippen MR) is 91.0 cm³/mol. The van der Waals surface area contributed by atoms with Crippen LogP contribution in [0.15, 0.2) is 71.9 Å². The van der Waals surface area contributed by atoms with E-state index in [-0.39, 0.29) is 4.90 Å². The summed E-state index contributed by atoms with van der Waals surface area (Å²) < 4.78 is 27.1. The van der Waals surface area contributed by atoms with Crippen LogP contribution in [0.5, 0.6) is 0 Å². The number of hydrogen-bond donors (Lipinski definition) is 0. The van der Waals surface area contributed by atoms with Crippen molar-refractivity contribution in [1.82, 2.24) is 8.96 Å². The minimum atomic E-state index is -3.63. The van der Waals surface area contributed by atoms with Gasteiger partial charge in [0, 0.05) is 17.0 Å². The van der Waals surface area contributed by atoms with Crippen molar-refractivity contribution in [3.05, 3.63) is 72.6 Å². The Morgan fingerprint density at radius 3 is 2.43 bits per heavy atom. The van der Waals surface area contributed by atoms with E-state index < -0.39 is 10.0 Å². The Labute approximate surface area is 134 Å². The summed E-state index contributed by atoms with van der Waals surface area (Å²) in [5.74, 6) is 0. The molecule has 0 fully saturated rings. The molecule has 0 bridgehead atoms. The summed E-state index contributed by atoms with van der Waals surface area (Å²) in [5, 5.41) is 1.83. The molecule has 0 spiro atoms. The first-order chi connectivity index (χ1) is 11.1. The Balaban J connectivity index is 1.99. The Bertz CT molecular complexity index is 1130. The largest absolute Gasteiger partial charge is 0.268 e. The molecule has 4 rings (SSSR count). The third-order valence-electron chi connectivity index (χ3n) is 3.99. The standard InChI is InChI=1S/C18H14N2O2S/c1-13-6-8-14(9-7-13)23(21,22)20-11-10-16-15-4-2-3-5-17(15)19-12-18(16)20/h2-12H,1H3. The molecule has 114 valence electrons. The van der Waals surface area contributed by atoms with Crippen LogP contribution in [0.25, 0.3) is 21.8 Å². The second-order valence-electron chi connectivity index (χ2n) is 5.50. The molecule has 0 saturated carbocycles. The van der Waals surface area contributed by atoms with E-state index in [1.807, 2.05) is 37.3 Å². The summed E-state index contributed by atoms with van der Waals surface area (Å²) in [6, 6.07) is 16.4. The van der Waals surface area contributed by atoms with Crippen LogP contribution in [0.2, 0.25) is 0 Å². The van der Waals surface area contributed by atoms with Crippen LogP contribution in [0.1, 0.15) is 5.56 Å². The Kier molecular flexibility index (Phi) is 2.99. The third kappa shape index (κ3) is 2.12.